The van der Waals surface area contributed by atoms with E-state index >= 15 is 0 Å². The molecule has 33 heavy (non-hydrogen) atoms. The Hall–Kier alpha value is -2.41. The van der Waals surface area contributed by atoms with Crippen LogP contribution in [0.3, 0.4) is 0 Å². The quantitative estimate of drug-likeness (QED) is 0.0821. The molecule has 0 aromatic rings. The SMILES string of the molecule is C=COC(=O)C(OCCCC(F)(F)C(F)(F)S(=O)(=O)O)(OC(=O)C(=C)C(F)(F)F)C(F)(F)F. The molecular weight excluding hydrogens is 518 g/mol. The van der Waals surface area contributed by atoms with Gasteiger partial charge in [-0.25, -0.2) is 9.59 Å². The van der Waals surface area contributed by atoms with Gasteiger partial charge >= 0.3 is 51.4 Å². The summed E-state index contributed by atoms with van der Waals surface area (Å²) in [6.45, 7) is 2.91. The van der Waals surface area contributed by atoms with E-state index in [-0.39, 0.29) is 6.26 Å². The summed E-state index contributed by atoms with van der Waals surface area (Å²) < 4.78 is 171. The standard InChI is InChI=1S/C14H12F10O8S/c1-3-30-9(26)11(13(20,21)22,32-8(25)7(2)12(17,18)19)31-6-4-5-10(15,16)14(23,24)33(27,28)29/h3H,1-2,4-6H2,(H,27,28,29). The van der Waals surface area contributed by atoms with Crippen molar-refractivity contribution in [3.05, 3.63) is 25.0 Å². The average molecular weight is 530 g/mol. The number of hydrogen-bond donors (Lipinski definition) is 1. The molecule has 0 rings (SSSR count). The van der Waals surface area contributed by atoms with E-state index in [4.69, 9.17) is 4.55 Å². The van der Waals surface area contributed by atoms with Crippen molar-refractivity contribution in [2.75, 3.05) is 6.61 Å². The van der Waals surface area contributed by atoms with Crippen molar-refractivity contribution in [1.82, 2.24) is 0 Å². The highest BCUT2D eigenvalue weighted by Crippen LogP contribution is 2.42. The molecule has 0 saturated heterocycles. The largest absolute Gasteiger partial charge is 0.468 e. The highest BCUT2D eigenvalue weighted by molar-refractivity contribution is 7.87. The van der Waals surface area contributed by atoms with Gasteiger partial charge in [-0.05, 0) is 6.42 Å². The summed E-state index contributed by atoms with van der Waals surface area (Å²) >= 11 is 0. The van der Waals surface area contributed by atoms with Crippen LogP contribution in [-0.4, -0.2) is 60.8 Å². The van der Waals surface area contributed by atoms with Crippen LogP contribution in [0, 0.1) is 0 Å². The summed E-state index contributed by atoms with van der Waals surface area (Å²) in [7, 11) is -6.68. The minimum atomic E-state index is -6.68. The molecule has 0 saturated carbocycles. The van der Waals surface area contributed by atoms with Crippen molar-refractivity contribution in [2.45, 2.75) is 42.2 Å². The monoisotopic (exact) mass is 530 g/mol. The van der Waals surface area contributed by atoms with E-state index in [0.717, 1.165) is 0 Å². The van der Waals surface area contributed by atoms with E-state index in [1.54, 1.807) is 0 Å². The van der Waals surface area contributed by atoms with Crippen LogP contribution in [-0.2, 0) is 33.9 Å². The highest BCUT2D eigenvalue weighted by atomic mass is 32.2. The maximum absolute atomic E-state index is 13.4. The Kier molecular flexibility index (Phi) is 9.12. The number of esters is 2. The van der Waals surface area contributed by atoms with Crippen LogP contribution in [0.2, 0.25) is 0 Å². The summed E-state index contributed by atoms with van der Waals surface area (Å²) in [4.78, 5) is 23.1. The van der Waals surface area contributed by atoms with Gasteiger partial charge in [-0.1, -0.05) is 13.2 Å². The second kappa shape index (κ2) is 9.84. The number of ether oxygens (including phenoxy) is 3. The molecular formula is C14H12F10O8S. The fraction of sp³-hybridized carbons (Fsp3) is 0.571. The number of alkyl halides is 10. The third-order valence-electron chi connectivity index (χ3n) is 3.35. The van der Waals surface area contributed by atoms with E-state index in [9.17, 15) is 61.9 Å². The molecule has 0 radical (unpaired) electrons. The Morgan fingerprint density at radius 3 is 1.82 bits per heavy atom. The van der Waals surface area contributed by atoms with Gasteiger partial charge in [0.2, 0.25) is 0 Å². The van der Waals surface area contributed by atoms with Gasteiger partial charge in [0, 0.05) is 6.42 Å². The molecule has 8 nitrogen and oxygen atoms in total. The van der Waals surface area contributed by atoms with Crippen molar-refractivity contribution >= 4 is 22.1 Å². The van der Waals surface area contributed by atoms with Gasteiger partial charge in [-0.3, -0.25) is 4.55 Å². The van der Waals surface area contributed by atoms with Gasteiger partial charge in [0.05, 0.1) is 12.9 Å². The Morgan fingerprint density at radius 1 is 0.970 bits per heavy atom. The van der Waals surface area contributed by atoms with Crippen LogP contribution in [0.1, 0.15) is 12.8 Å². The van der Waals surface area contributed by atoms with Gasteiger partial charge in [0.1, 0.15) is 5.57 Å². The molecule has 192 valence electrons. The summed E-state index contributed by atoms with van der Waals surface area (Å²) in [5.74, 6) is -16.3. The molecule has 1 atom stereocenters. The highest BCUT2D eigenvalue weighted by Gasteiger charge is 2.69. The Morgan fingerprint density at radius 2 is 1.45 bits per heavy atom. The minimum Gasteiger partial charge on any atom is -0.430 e. The Bertz CT molecular complexity index is 877. The molecule has 0 aliphatic carbocycles. The second-order valence-electron chi connectivity index (χ2n) is 5.70. The summed E-state index contributed by atoms with van der Waals surface area (Å²) in [5.41, 5.74) is -2.56. The minimum absolute atomic E-state index is 0.0145. The summed E-state index contributed by atoms with van der Waals surface area (Å²) in [6, 6.07) is 0. The van der Waals surface area contributed by atoms with E-state index in [0.29, 0.717) is 0 Å². The molecule has 0 heterocycles. The molecule has 0 aromatic heterocycles. The molecule has 0 aliphatic heterocycles. The number of carbonyl (C=O) groups is 2. The van der Waals surface area contributed by atoms with Gasteiger partial charge in [0.25, 0.3) is 0 Å². The van der Waals surface area contributed by atoms with E-state index in [1.807, 2.05) is 0 Å². The van der Waals surface area contributed by atoms with Crippen LogP contribution in [0.4, 0.5) is 43.9 Å². The van der Waals surface area contributed by atoms with Crippen LogP contribution in [0.25, 0.3) is 0 Å². The summed E-state index contributed by atoms with van der Waals surface area (Å²) in [5, 5.41) is -6.10. The molecule has 1 N–H and O–H groups in total. The molecule has 0 aliphatic rings. The lowest BCUT2D eigenvalue weighted by molar-refractivity contribution is -0.354. The number of hydrogen-bond acceptors (Lipinski definition) is 7. The number of halogens is 10. The van der Waals surface area contributed by atoms with Crippen LogP contribution < -0.4 is 0 Å². The van der Waals surface area contributed by atoms with Crippen LogP contribution >= 0.6 is 0 Å². The zero-order valence-electron chi connectivity index (χ0n) is 15.6. The fourth-order valence-electron chi connectivity index (χ4n) is 1.69. The van der Waals surface area contributed by atoms with Gasteiger partial charge in [0.15, 0.2) is 0 Å². The molecule has 0 bridgehead atoms. The van der Waals surface area contributed by atoms with Crippen LogP contribution in [0.5, 0.6) is 0 Å². The molecule has 0 spiro atoms. The Balaban J connectivity index is 5.92. The first kappa shape index (κ1) is 30.6. The van der Waals surface area contributed by atoms with Crippen molar-refractivity contribution in [1.29, 1.82) is 0 Å². The fourth-order valence-corrected chi connectivity index (χ4v) is 2.17. The third-order valence-corrected chi connectivity index (χ3v) is 4.29. The molecule has 0 fully saturated rings. The first-order valence-corrected chi connectivity index (χ1v) is 9.16. The number of rotatable bonds is 11. The molecule has 0 aromatic carbocycles. The number of carbonyl (C=O) groups excluding carboxylic acids is 2. The first-order valence-electron chi connectivity index (χ1n) is 7.72. The smallest absolute Gasteiger partial charge is 0.430 e. The van der Waals surface area contributed by atoms with Gasteiger partial charge in [-0.2, -0.15) is 52.3 Å². The molecule has 1 unspecified atom stereocenters. The normalized spacial score (nSPS) is 15.4. The third kappa shape index (κ3) is 6.79. The maximum Gasteiger partial charge on any atom is 0.468 e. The van der Waals surface area contributed by atoms with Gasteiger partial charge < -0.3 is 14.2 Å². The van der Waals surface area contributed by atoms with Crippen molar-refractivity contribution in [3.63, 3.8) is 0 Å². The zero-order chi connectivity index (χ0) is 26.7. The second-order valence-corrected chi connectivity index (χ2v) is 7.16. The van der Waals surface area contributed by atoms with Crippen molar-refractivity contribution in [3.8, 4) is 0 Å². The van der Waals surface area contributed by atoms with Gasteiger partial charge in [-0.15, -0.1) is 0 Å². The topological polar surface area (TPSA) is 116 Å². The van der Waals surface area contributed by atoms with E-state index in [2.05, 4.69) is 27.4 Å². The zero-order valence-corrected chi connectivity index (χ0v) is 16.4. The molecule has 0 amide bonds. The predicted octanol–water partition coefficient (Wildman–Crippen LogP) is 3.51. The van der Waals surface area contributed by atoms with Crippen molar-refractivity contribution < 1.29 is 80.7 Å². The summed E-state index contributed by atoms with van der Waals surface area (Å²) in [6.07, 6.45) is -15.8. The lowest BCUT2D eigenvalue weighted by Crippen LogP contribution is -2.58. The maximum atomic E-state index is 13.4. The van der Waals surface area contributed by atoms with E-state index < -0.39 is 76.4 Å². The molecule has 19 heteroatoms. The lowest BCUT2D eigenvalue weighted by Gasteiger charge is -2.32. The average Bonchev–Trinajstić information content (AvgIpc) is 2.60. The van der Waals surface area contributed by atoms with E-state index in [1.165, 1.54) is 0 Å². The van der Waals surface area contributed by atoms with Crippen molar-refractivity contribution in [2.24, 2.45) is 0 Å². The lowest BCUT2D eigenvalue weighted by atomic mass is 10.2. The Labute approximate surface area is 177 Å². The van der Waals surface area contributed by atoms with Crippen LogP contribution in [0.15, 0.2) is 25.0 Å². The predicted molar refractivity (Wildman–Crippen MR) is 83.0 cm³/mol. The first-order chi connectivity index (χ1) is 14.5.